The lowest BCUT2D eigenvalue weighted by atomic mass is 9.90. The van der Waals surface area contributed by atoms with Crippen molar-refractivity contribution in [3.63, 3.8) is 0 Å². The summed E-state index contributed by atoms with van der Waals surface area (Å²) in [6.45, 7) is 2.51. The first-order chi connectivity index (χ1) is 5.40. The topological polar surface area (TPSA) is 24.1 Å². The van der Waals surface area contributed by atoms with Crippen LogP contribution in [0, 0.1) is 11.8 Å². The van der Waals surface area contributed by atoms with Crippen molar-refractivity contribution in [2.75, 3.05) is 20.1 Å². The Morgan fingerprint density at radius 3 is 2.46 bits per heavy atom. The predicted molar refractivity (Wildman–Crippen MR) is 61.0 cm³/mol. The molecule has 2 nitrogen and oxygen atoms in total. The average Bonchev–Trinajstić information content (AvgIpc) is 2.46. The van der Waals surface area contributed by atoms with Crippen LogP contribution >= 0.6 is 24.8 Å². The smallest absolute Gasteiger partial charge is 0.00700 e. The number of piperidine rings is 1. The van der Waals surface area contributed by atoms with Gasteiger partial charge >= 0.3 is 0 Å². The Hall–Kier alpha value is 0.500. The summed E-state index contributed by atoms with van der Waals surface area (Å²) in [5, 5.41) is 6.87. The first-order valence-corrected chi connectivity index (χ1v) is 4.78. The van der Waals surface area contributed by atoms with Crippen LogP contribution in [-0.2, 0) is 0 Å². The minimum atomic E-state index is 0. The van der Waals surface area contributed by atoms with E-state index in [1.54, 1.807) is 0 Å². The van der Waals surface area contributed by atoms with Crippen LogP contribution in [-0.4, -0.2) is 26.2 Å². The van der Waals surface area contributed by atoms with Gasteiger partial charge in [0.2, 0.25) is 0 Å². The quantitative estimate of drug-likeness (QED) is 0.708. The van der Waals surface area contributed by atoms with Crippen molar-refractivity contribution < 1.29 is 0 Å². The number of nitrogens with one attached hydrogen (secondary N) is 2. The summed E-state index contributed by atoms with van der Waals surface area (Å²) < 4.78 is 0. The van der Waals surface area contributed by atoms with Crippen LogP contribution in [0.5, 0.6) is 0 Å². The summed E-state index contributed by atoms with van der Waals surface area (Å²) in [5.74, 6) is 2.00. The summed E-state index contributed by atoms with van der Waals surface area (Å²) in [6, 6.07) is 0.810. The van der Waals surface area contributed by atoms with E-state index in [1.807, 2.05) is 0 Å². The first-order valence-electron chi connectivity index (χ1n) is 4.78. The first kappa shape index (κ1) is 13.5. The molecule has 0 unspecified atom stereocenters. The molecule has 80 valence electrons. The molecule has 1 aliphatic carbocycles. The zero-order valence-corrected chi connectivity index (χ0v) is 9.72. The van der Waals surface area contributed by atoms with Crippen molar-refractivity contribution in [2.45, 2.75) is 25.3 Å². The second kappa shape index (κ2) is 6.07. The fourth-order valence-corrected chi connectivity index (χ4v) is 2.63. The van der Waals surface area contributed by atoms with Gasteiger partial charge in [-0.15, -0.1) is 24.8 Å². The number of rotatable bonds is 1. The normalized spacial score (nSPS) is 37.2. The fraction of sp³-hybridized carbons (Fsp3) is 1.00. The van der Waals surface area contributed by atoms with Crippen LogP contribution in [0.1, 0.15) is 19.3 Å². The molecule has 0 bridgehead atoms. The predicted octanol–water partition coefficient (Wildman–Crippen LogP) is 1.44. The minimum absolute atomic E-state index is 0. The van der Waals surface area contributed by atoms with Crippen LogP contribution in [0.3, 0.4) is 0 Å². The molecule has 2 rings (SSSR count). The second-order valence-electron chi connectivity index (χ2n) is 3.97. The molecule has 0 aromatic carbocycles. The van der Waals surface area contributed by atoms with E-state index in [-0.39, 0.29) is 24.8 Å². The van der Waals surface area contributed by atoms with Crippen LogP contribution in [0.15, 0.2) is 0 Å². The molecule has 1 saturated carbocycles. The zero-order valence-electron chi connectivity index (χ0n) is 8.08. The number of halogens is 2. The molecule has 2 fully saturated rings. The highest BCUT2D eigenvalue weighted by molar-refractivity contribution is 5.85. The second-order valence-corrected chi connectivity index (χ2v) is 3.97. The minimum Gasteiger partial charge on any atom is -0.317 e. The third-order valence-electron chi connectivity index (χ3n) is 3.35. The van der Waals surface area contributed by atoms with Crippen LogP contribution < -0.4 is 10.6 Å². The maximum Gasteiger partial charge on any atom is 0.00700 e. The van der Waals surface area contributed by atoms with Crippen LogP contribution in [0.25, 0.3) is 0 Å². The van der Waals surface area contributed by atoms with E-state index < -0.39 is 0 Å². The summed E-state index contributed by atoms with van der Waals surface area (Å²) in [6.07, 6.45) is 4.22. The lowest BCUT2D eigenvalue weighted by molar-refractivity contribution is 0.295. The van der Waals surface area contributed by atoms with E-state index in [1.165, 1.54) is 32.4 Å². The highest BCUT2D eigenvalue weighted by Gasteiger charge is 2.34. The van der Waals surface area contributed by atoms with Gasteiger partial charge in [-0.3, -0.25) is 0 Å². The van der Waals surface area contributed by atoms with Gasteiger partial charge in [0.1, 0.15) is 0 Å². The van der Waals surface area contributed by atoms with E-state index in [9.17, 15) is 0 Å². The number of hydrogen-bond acceptors (Lipinski definition) is 2. The third-order valence-corrected chi connectivity index (χ3v) is 3.35. The summed E-state index contributed by atoms with van der Waals surface area (Å²) >= 11 is 0. The van der Waals surface area contributed by atoms with Crippen molar-refractivity contribution in [3.8, 4) is 0 Å². The van der Waals surface area contributed by atoms with E-state index in [4.69, 9.17) is 0 Å². The van der Waals surface area contributed by atoms with Gasteiger partial charge in [0, 0.05) is 6.04 Å². The highest BCUT2D eigenvalue weighted by Crippen LogP contribution is 2.35. The molecular weight excluding hydrogens is 207 g/mol. The zero-order chi connectivity index (χ0) is 7.68. The SMILES string of the molecule is CN[C@H]1C[C@H]2CNCC[C@H]2C1.Cl.Cl. The molecule has 1 aliphatic heterocycles. The molecular formula is C9H20Cl2N2. The van der Waals surface area contributed by atoms with Gasteiger partial charge in [-0.2, -0.15) is 0 Å². The monoisotopic (exact) mass is 226 g/mol. The molecule has 0 radical (unpaired) electrons. The van der Waals surface area contributed by atoms with Crippen LogP contribution in [0.2, 0.25) is 0 Å². The van der Waals surface area contributed by atoms with Crippen molar-refractivity contribution in [3.05, 3.63) is 0 Å². The maximum absolute atomic E-state index is 3.47. The molecule has 4 heteroatoms. The number of hydrogen-bond donors (Lipinski definition) is 2. The van der Waals surface area contributed by atoms with Crippen molar-refractivity contribution in [2.24, 2.45) is 11.8 Å². The highest BCUT2D eigenvalue weighted by atomic mass is 35.5. The Morgan fingerprint density at radius 2 is 1.85 bits per heavy atom. The Balaban J connectivity index is 0.000000720. The molecule has 2 N–H and O–H groups in total. The largest absolute Gasteiger partial charge is 0.317 e. The van der Waals surface area contributed by atoms with Crippen molar-refractivity contribution in [1.82, 2.24) is 10.6 Å². The lowest BCUT2D eigenvalue weighted by Gasteiger charge is -2.25. The summed E-state index contributed by atoms with van der Waals surface area (Å²) in [7, 11) is 2.09. The van der Waals surface area contributed by atoms with E-state index in [2.05, 4.69) is 17.7 Å². The standard InChI is InChI=1S/C9H18N2.2ClH/c1-10-9-4-7-2-3-11-6-8(7)5-9;;/h7-11H,2-6H2,1H3;2*1H/t7-,8-,9+;;/m0../s1. The van der Waals surface area contributed by atoms with Gasteiger partial charge in [-0.05, 0) is 51.2 Å². The van der Waals surface area contributed by atoms with Gasteiger partial charge in [-0.25, -0.2) is 0 Å². The van der Waals surface area contributed by atoms with Crippen molar-refractivity contribution >= 4 is 24.8 Å². The van der Waals surface area contributed by atoms with E-state index in [0.29, 0.717) is 0 Å². The van der Waals surface area contributed by atoms with Crippen LogP contribution in [0.4, 0.5) is 0 Å². The number of fused-ring (bicyclic) bond motifs is 1. The summed E-state index contributed by atoms with van der Waals surface area (Å²) in [5.41, 5.74) is 0. The van der Waals surface area contributed by atoms with E-state index >= 15 is 0 Å². The molecule has 0 amide bonds. The lowest BCUT2D eigenvalue weighted by Crippen LogP contribution is -2.33. The molecule has 0 spiro atoms. The molecule has 3 atom stereocenters. The fourth-order valence-electron chi connectivity index (χ4n) is 2.63. The Kier molecular flexibility index (Phi) is 6.31. The van der Waals surface area contributed by atoms with Gasteiger partial charge in [0.15, 0.2) is 0 Å². The molecule has 1 heterocycles. The van der Waals surface area contributed by atoms with Gasteiger partial charge in [0.25, 0.3) is 0 Å². The van der Waals surface area contributed by atoms with Crippen molar-refractivity contribution in [1.29, 1.82) is 0 Å². The molecule has 0 aromatic heterocycles. The molecule has 13 heavy (non-hydrogen) atoms. The van der Waals surface area contributed by atoms with Gasteiger partial charge in [-0.1, -0.05) is 0 Å². The third kappa shape index (κ3) is 2.98. The van der Waals surface area contributed by atoms with Gasteiger partial charge in [0.05, 0.1) is 0 Å². The summed E-state index contributed by atoms with van der Waals surface area (Å²) in [4.78, 5) is 0. The molecule has 1 saturated heterocycles. The van der Waals surface area contributed by atoms with Gasteiger partial charge < -0.3 is 10.6 Å². The molecule has 2 aliphatic rings. The Labute approximate surface area is 93.1 Å². The Bertz CT molecular complexity index is 130. The molecule has 0 aromatic rings. The van der Waals surface area contributed by atoms with E-state index in [0.717, 1.165) is 17.9 Å². The Morgan fingerprint density at radius 1 is 1.15 bits per heavy atom. The maximum atomic E-state index is 3.47. The average molecular weight is 227 g/mol.